The minimum atomic E-state index is 0.806. The largest absolute Gasteiger partial charge is 0.0885 e. The Morgan fingerprint density at radius 1 is 0.600 bits per heavy atom. The highest BCUT2D eigenvalue weighted by Gasteiger charge is 1.89. The SMILES string of the molecule is CCCCCC/C=C/CCCCCC/C=C/CC(C)C. The Morgan fingerprint density at radius 3 is 1.50 bits per heavy atom. The van der Waals surface area contributed by atoms with E-state index in [-0.39, 0.29) is 0 Å². The summed E-state index contributed by atoms with van der Waals surface area (Å²) in [7, 11) is 0. The van der Waals surface area contributed by atoms with Crippen LogP contribution >= 0.6 is 0 Å². The first-order chi connectivity index (χ1) is 9.77. The molecule has 118 valence electrons. The van der Waals surface area contributed by atoms with E-state index in [9.17, 15) is 0 Å². The van der Waals surface area contributed by atoms with Crippen molar-refractivity contribution in [2.75, 3.05) is 0 Å². The van der Waals surface area contributed by atoms with Crippen molar-refractivity contribution >= 4 is 0 Å². The maximum atomic E-state index is 2.40. The normalized spacial score (nSPS) is 12.2. The third kappa shape index (κ3) is 17.5. The van der Waals surface area contributed by atoms with Gasteiger partial charge in [-0.25, -0.2) is 0 Å². The first-order valence-corrected chi connectivity index (χ1v) is 9.07. The lowest BCUT2D eigenvalue weighted by molar-refractivity contribution is 0.643. The minimum Gasteiger partial charge on any atom is -0.0885 e. The van der Waals surface area contributed by atoms with Gasteiger partial charge in [-0.1, -0.05) is 77.2 Å². The second-order valence-corrected chi connectivity index (χ2v) is 6.41. The van der Waals surface area contributed by atoms with Crippen LogP contribution in [0, 0.1) is 5.92 Å². The van der Waals surface area contributed by atoms with Crippen molar-refractivity contribution in [3.8, 4) is 0 Å². The summed E-state index contributed by atoms with van der Waals surface area (Å²) in [4.78, 5) is 0. The predicted octanol–water partition coefficient (Wildman–Crippen LogP) is 7.46. The molecule has 0 rings (SSSR count). The molecule has 0 aliphatic rings. The Morgan fingerprint density at radius 2 is 1.05 bits per heavy atom. The maximum Gasteiger partial charge on any atom is -0.0327 e. The smallest absolute Gasteiger partial charge is 0.0327 e. The van der Waals surface area contributed by atoms with Gasteiger partial charge in [0.1, 0.15) is 0 Å². The summed E-state index contributed by atoms with van der Waals surface area (Å²) in [5.74, 6) is 0.806. The van der Waals surface area contributed by atoms with E-state index in [1.165, 1.54) is 77.0 Å². The average molecular weight is 279 g/mol. The molecule has 0 atom stereocenters. The van der Waals surface area contributed by atoms with Crippen molar-refractivity contribution in [2.24, 2.45) is 5.92 Å². The van der Waals surface area contributed by atoms with Gasteiger partial charge in [0.05, 0.1) is 0 Å². The zero-order valence-corrected chi connectivity index (χ0v) is 14.4. The summed E-state index contributed by atoms with van der Waals surface area (Å²) >= 11 is 0. The van der Waals surface area contributed by atoms with Gasteiger partial charge in [-0.3, -0.25) is 0 Å². The second-order valence-electron chi connectivity index (χ2n) is 6.41. The summed E-state index contributed by atoms with van der Waals surface area (Å²) in [5, 5.41) is 0. The van der Waals surface area contributed by atoms with Crippen LogP contribution in [0.3, 0.4) is 0 Å². The van der Waals surface area contributed by atoms with Crippen molar-refractivity contribution in [1.29, 1.82) is 0 Å². The van der Waals surface area contributed by atoms with E-state index in [4.69, 9.17) is 0 Å². The molecule has 0 bridgehead atoms. The van der Waals surface area contributed by atoms with E-state index in [0.29, 0.717) is 0 Å². The molecule has 0 aliphatic heterocycles. The maximum absolute atomic E-state index is 2.40. The molecule has 0 saturated heterocycles. The highest BCUT2D eigenvalue weighted by atomic mass is 14.0. The molecule has 0 N–H and O–H groups in total. The van der Waals surface area contributed by atoms with E-state index in [1.807, 2.05) is 0 Å². The first kappa shape index (κ1) is 19.5. The Kier molecular flexibility index (Phi) is 16.1. The van der Waals surface area contributed by atoms with E-state index in [0.717, 1.165) is 5.92 Å². The fourth-order valence-corrected chi connectivity index (χ4v) is 2.29. The van der Waals surface area contributed by atoms with Crippen molar-refractivity contribution in [2.45, 2.75) is 97.8 Å². The zero-order valence-electron chi connectivity index (χ0n) is 14.4. The Hall–Kier alpha value is -0.520. The summed E-state index contributed by atoms with van der Waals surface area (Å²) in [5.41, 5.74) is 0. The minimum absolute atomic E-state index is 0.806. The van der Waals surface area contributed by atoms with Crippen molar-refractivity contribution < 1.29 is 0 Å². The van der Waals surface area contributed by atoms with Crippen molar-refractivity contribution in [3.05, 3.63) is 24.3 Å². The molecule has 0 aromatic rings. The van der Waals surface area contributed by atoms with Gasteiger partial charge >= 0.3 is 0 Å². The quantitative estimate of drug-likeness (QED) is 0.228. The molecule has 0 heterocycles. The fraction of sp³-hybridized carbons (Fsp3) is 0.800. The van der Waals surface area contributed by atoms with Crippen LogP contribution in [-0.4, -0.2) is 0 Å². The number of hydrogen-bond acceptors (Lipinski definition) is 0. The van der Waals surface area contributed by atoms with Crippen LogP contribution in [0.4, 0.5) is 0 Å². The van der Waals surface area contributed by atoms with Crippen LogP contribution < -0.4 is 0 Å². The first-order valence-electron chi connectivity index (χ1n) is 9.07. The predicted molar refractivity (Wildman–Crippen MR) is 94.2 cm³/mol. The van der Waals surface area contributed by atoms with E-state index >= 15 is 0 Å². The molecule has 0 aliphatic carbocycles. The average Bonchev–Trinajstić information content (AvgIpc) is 2.43. The van der Waals surface area contributed by atoms with Gasteiger partial charge in [0, 0.05) is 0 Å². The van der Waals surface area contributed by atoms with Gasteiger partial charge in [0.2, 0.25) is 0 Å². The summed E-state index contributed by atoms with van der Waals surface area (Å²) in [6.07, 6.45) is 25.7. The molecule has 0 fully saturated rings. The molecule has 0 nitrogen and oxygen atoms in total. The van der Waals surface area contributed by atoms with Gasteiger partial charge in [-0.15, -0.1) is 0 Å². The molecular weight excluding hydrogens is 240 g/mol. The van der Waals surface area contributed by atoms with E-state index in [1.54, 1.807) is 0 Å². The number of hydrogen-bond donors (Lipinski definition) is 0. The van der Waals surface area contributed by atoms with Crippen molar-refractivity contribution in [3.63, 3.8) is 0 Å². The third-order valence-corrected chi connectivity index (χ3v) is 3.66. The van der Waals surface area contributed by atoms with E-state index in [2.05, 4.69) is 45.1 Å². The molecule has 0 aromatic carbocycles. The number of unbranched alkanes of at least 4 members (excludes halogenated alkanes) is 9. The molecule has 0 radical (unpaired) electrons. The lowest BCUT2D eigenvalue weighted by atomic mass is 10.1. The molecule has 0 aromatic heterocycles. The molecule has 20 heavy (non-hydrogen) atoms. The summed E-state index contributed by atoms with van der Waals surface area (Å²) < 4.78 is 0. The van der Waals surface area contributed by atoms with E-state index < -0.39 is 0 Å². The van der Waals surface area contributed by atoms with Crippen LogP contribution in [0.25, 0.3) is 0 Å². The molecule has 0 heteroatoms. The van der Waals surface area contributed by atoms with Crippen LogP contribution in [0.1, 0.15) is 97.8 Å². The monoisotopic (exact) mass is 278 g/mol. The Bertz CT molecular complexity index is 222. The third-order valence-electron chi connectivity index (χ3n) is 3.66. The number of rotatable bonds is 14. The van der Waals surface area contributed by atoms with Gasteiger partial charge in [-0.05, 0) is 50.9 Å². The fourth-order valence-electron chi connectivity index (χ4n) is 2.29. The summed E-state index contributed by atoms with van der Waals surface area (Å²) in [6.45, 7) is 6.83. The van der Waals surface area contributed by atoms with Crippen molar-refractivity contribution in [1.82, 2.24) is 0 Å². The summed E-state index contributed by atoms with van der Waals surface area (Å²) in [6, 6.07) is 0. The Labute approximate surface area is 128 Å². The van der Waals surface area contributed by atoms with Crippen LogP contribution in [0.5, 0.6) is 0 Å². The van der Waals surface area contributed by atoms with Crippen LogP contribution in [-0.2, 0) is 0 Å². The highest BCUT2D eigenvalue weighted by Crippen LogP contribution is 2.08. The molecule has 0 amide bonds. The lowest BCUT2D eigenvalue weighted by Crippen LogP contribution is -1.81. The zero-order chi connectivity index (χ0) is 14.9. The van der Waals surface area contributed by atoms with Crippen LogP contribution in [0.2, 0.25) is 0 Å². The molecule has 0 saturated carbocycles. The lowest BCUT2D eigenvalue weighted by Gasteiger charge is -1.99. The molecular formula is C20H38. The van der Waals surface area contributed by atoms with Gasteiger partial charge in [-0.2, -0.15) is 0 Å². The van der Waals surface area contributed by atoms with Crippen LogP contribution in [0.15, 0.2) is 24.3 Å². The molecule has 0 spiro atoms. The van der Waals surface area contributed by atoms with Gasteiger partial charge < -0.3 is 0 Å². The topological polar surface area (TPSA) is 0 Å². The second kappa shape index (κ2) is 16.5. The standard InChI is InChI=1S/C20H38/c1-4-5-6-7-8-9-10-11-12-13-14-15-16-17-18-19-20(2)3/h9-10,17-18,20H,4-8,11-16,19H2,1-3H3/b10-9+,18-17+. The Balaban J connectivity index is 3.12. The highest BCUT2D eigenvalue weighted by molar-refractivity contribution is 4.83. The van der Waals surface area contributed by atoms with Gasteiger partial charge in [0.25, 0.3) is 0 Å². The number of allylic oxidation sites excluding steroid dienone is 4. The molecule has 0 unspecified atom stereocenters. The van der Waals surface area contributed by atoms with Gasteiger partial charge in [0.15, 0.2) is 0 Å².